The molecule has 0 atom stereocenters. The Kier molecular flexibility index (Phi) is 5.68. The molecule has 0 unspecified atom stereocenters. The minimum absolute atomic E-state index is 0.230. The Morgan fingerprint density at radius 3 is 2.65 bits per heavy atom. The Balaban J connectivity index is 2.04. The van der Waals surface area contributed by atoms with Crippen LogP contribution in [-0.2, 0) is 0 Å². The van der Waals surface area contributed by atoms with E-state index in [0.717, 1.165) is 24.2 Å². The third-order valence-corrected chi connectivity index (χ3v) is 3.56. The normalized spacial score (nSPS) is 10.7. The fourth-order valence-electron chi connectivity index (χ4n) is 2.21. The van der Waals surface area contributed by atoms with Crippen molar-refractivity contribution >= 4 is 17.4 Å². The topological polar surface area (TPSA) is 66.9 Å². The molecule has 0 aliphatic carbocycles. The highest BCUT2D eigenvalue weighted by Crippen LogP contribution is 2.17. The van der Waals surface area contributed by atoms with Crippen LogP contribution in [0.5, 0.6) is 0 Å². The van der Waals surface area contributed by atoms with E-state index in [2.05, 4.69) is 34.4 Å². The summed E-state index contributed by atoms with van der Waals surface area (Å²) < 4.78 is 0. The molecule has 122 valence electrons. The molecule has 0 aliphatic rings. The third-order valence-electron chi connectivity index (χ3n) is 3.56. The lowest BCUT2D eigenvalue weighted by Crippen LogP contribution is -2.15. The second kappa shape index (κ2) is 7.72. The van der Waals surface area contributed by atoms with Crippen molar-refractivity contribution in [2.24, 2.45) is 5.92 Å². The van der Waals surface area contributed by atoms with Crippen LogP contribution in [0.3, 0.4) is 0 Å². The minimum Gasteiger partial charge on any atom is -0.370 e. The Hall–Kier alpha value is -2.43. The third kappa shape index (κ3) is 5.06. The van der Waals surface area contributed by atoms with Gasteiger partial charge in [0.1, 0.15) is 17.8 Å². The van der Waals surface area contributed by atoms with Crippen molar-refractivity contribution in [2.75, 3.05) is 17.2 Å². The average Bonchev–Trinajstić information content (AvgIpc) is 2.50. The van der Waals surface area contributed by atoms with Gasteiger partial charge >= 0.3 is 0 Å². The van der Waals surface area contributed by atoms with E-state index >= 15 is 0 Å². The van der Waals surface area contributed by atoms with Crippen molar-refractivity contribution in [2.45, 2.75) is 34.1 Å². The van der Waals surface area contributed by atoms with Crippen LogP contribution in [-0.4, -0.2) is 22.4 Å². The van der Waals surface area contributed by atoms with E-state index in [1.807, 2.05) is 32.0 Å². The minimum atomic E-state index is -0.230. The lowest BCUT2D eigenvalue weighted by Gasteiger charge is -2.10. The van der Waals surface area contributed by atoms with E-state index in [9.17, 15) is 4.79 Å². The van der Waals surface area contributed by atoms with Crippen LogP contribution in [0, 0.1) is 19.8 Å². The number of rotatable bonds is 6. The second-order valence-electron chi connectivity index (χ2n) is 6.17. The summed E-state index contributed by atoms with van der Waals surface area (Å²) in [5.74, 6) is 1.06. The van der Waals surface area contributed by atoms with Crippen LogP contribution in [0.15, 0.2) is 30.6 Å². The SMILES string of the molecule is Cc1ccc(NC(=O)c2cc(NCCC(C)C)ncn2)c(C)c1. The van der Waals surface area contributed by atoms with Crippen LogP contribution in [0.4, 0.5) is 11.5 Å². The van der Waals surface area contributed by atoms with Crippen molar-refractivity contribution in [1.82, 2.24) is 9.97 Å². The van der Waals surface area contributed by atoms with Gasteiger partial charge in [0.15, 0.2) is 0 Å². The van der Waals surface area contributed by atoms with Gasteiger partial charge in [-0.05, 0) is 37.8 Å². The molecule has 0 fully saturated rings. The molecule has 5 heteroatoms. The zero-order valence-corrected chi connectivity index (χ0v) is 14.2. The number of nitrogens with one attached hydrogen (secondary N) is 2. The van der Waals surface area contributed by atoms with E-state index in [1.54, 1.807) is 6.07 Å². The van der Waals surface area contributed by atoms with Crippen LogP contribution in [0.2, 0.25) is 0 Å². The van der Waals surface area contributed by atoms with Gasteiger partial charge in [0.2, 0.25) is 0 Å². The van der Waals surface area contributed by atoms with E-state index in [1.165, 1.54) is 11.9 Å². The predicted molar refractivity (Wildman–Crippen MR) is 93.8 cm³/mol. The number of aryl methyl sites for hydroxylation is 2. The average molecular weight is 312 g/mol. The molecule has 1 heterocycles. The maximum Gasteiger partial charge on any atom is 0.274 e. The fraction of sp³-hybridized carbons (Fsp3) is 0.389. The number of hydrogen-bond donors (Lipinski definition) is 2. The first-order valence-corrected chi connectivity index (χ1v) is 7.90. The molecule has 2 aromatic rings. The first-order chi connectivity index (χ1) is 11.0. The molecule has 5 nitrogen and oxygen atoms in total. The van der Waals surface area contributed by atoms with Crippen molar-refractivity contribution in [3.8, 4) is 0 Å². The highest BCUT2D eigenvalue weighted by molar-refractivity contribution is 6.03. The van der Waals surface area contributed by atoms with Crippen LogP contribution >= 0.6 is 0 Å². The summed E-state index contributed by atoms with van der Waals surface area (Å²) >= 11 is 0. The van der Waals surface area contributed by atoms with Crippen LogP contribution in [0.1, 0.15) is 41.9 Å². The van der Waals surface area contributed by atoms with Crippen molar-refractivity contribution in [3.63, 3.8) is 0 Å². The molecule has 1 aromatic carbocycles. The van der Waals surface area contributed by atoms with Gasteiger partial charge in [0.05, 0.1) is 0 Å². The molecule has 1 amide bonds. The molecule has 0 spiro atoms. The number of hydrogen-bond acceptors (Lipinski definition) is 4. The molecule has 0 bridgehead atoms. The molecule has 0 saturated carbocycles. The van der Waals surface area contributed by atoms with Gasteiger partial charge in [-0.3, -0.25) is 4.79 Å². The van der Waals surface area contributed by atoms with Gasteiger partial charge in [-0.25, -0.2) is 9.97 Å². The Morgan fingerprint density at radius 1 is 1.17 bits per heavy atom. The van der Waals surface area contributed by atoms with E-state index in [0.29, 0.717) is 17.4 Å². The monoisotopic (exact) mass is 312 g/mol. The first-order valence-electron chi connectivity index (χ1n) is 7.90. The summed E-state index contributed by atoms with van der Waals surface area (Å²) in [4.78, 5) is 20.6. The molecule has 1 aromatic heterocycles. The maximum atomic E-state index is 12.4. The Morgan fingerprint density at radius 2 is 1.96 bits per heavy atom. The molecular weight excluding hydrogens is 288 g/mol. The van der Waals surface area contributed by atoms with Gasteiger partial charge in [0, 0.05) is 18.3 Å². The summed E-state index contributed by atoms with van der Waals surface area (Å²) in [6.07, 6.45) is 2.46. The van der Waals surface area contributed by atoms with Gasteiger partial charge < -0.3 is 10.6 Å². The quantitative estimate of drug-likeness (QED) is 0.851. The Bertz CT molecular complexity index is 682. The maximum absolute atomic E-state index is 12.4. The molecular formula is C18H24N4O. The van der Waals surface area contributed by atoms with Crippen LogP contribution < -0.4 is 10.6 Å². The lowest BCUT2D eigenvalue weighted by atomic mass is 10.1. The zero-order valence-electron chi connectivity index (χ0n) is 14.2. The van der Waals surface area contributed by atoms with E-state index in [-0.39, 0.29) is 5.91 Å². The standard InChI is InChI=1S/C18H24N4O/c1-12(2)7-8-19-17-10-16(20-11-21-17)18(23)22-15-6-5-13(3)9-14(15)4/h5-6,9-12H,7-8H2,1-4H3,(H,22,23)(H,19,20,21). The molecule has 2 rings (SSSR count). The van der Waals surface area contributed by atoms with Gasteiger partial charge in [-0.2, -0.15) is 0 Å². The molecule has 23 heavy (non-hydrogen) atoms. The van der Waals surface area contributed by atoms with Gasteiger partial charge in [0.25, 0.3) is 5.91 Å². The van der Waals surface area contributed by atoms with Gasteiger partial charge in [-0.15, -0.1) is 0 Å². The van der Waals surface area contributed by atoms with Crippen molar-refractivity contribution < 1.29 is 4.79 Å². The second-order valence-corrected chi connectivity index (χ2v) is 6.17. The summed E-state index contributed by atoms with van der Waals surface area (Å²) in [5.41, 5.74) is 3.35. The first kappa shape index (κ1) is 16.9. The number of carbonyl (C=O) groups excluding carboxylic acids is 1. The highest BCUT2D eigenvalue weighted by Gasteiger charge is 2.10. The number of anilines is 2. The smallest absolute Gasteiger partial charge is 0.274 e. The molecule has 0 saturated heterocycles. The zero-order chi connectivity index (χ0) is 16.8. The number of aromatic nitrogens is 2. The summed E-state index contributed by atoms with van der Waals surface area (Å²) in [7, 11) is 0. The lowest BCUT2D eigenvalue weighted by molar-refractivity contribution is 0.102. The van der Waals surface area contributed by atoms with E-state index in [4.69, 9.17) is 0 Å². The highest BCUT2D eigenvalue weighted by atomic mass is 16.1. The molecule has 2 N–H and O–H groups in total. The number of carbonyl (C=O) groups is 1. The summed E-state index contributed by atoms with van der Waals surface area (Å²) in [6.45, 7) is 9.17. The largest absolute Gasteiger partial charge is 0.370 e. The van der Waals surface area contributed by atoms with Crippen molar-refractivity contribution in [1.29, 1.82) is 0 Å². The predicted octanol–water partition coefficient (Wildman–Crippen LogP) is 3.80. The van der Waals surface area contributed by atoms with Gasteiger partial charge in [-0.1, -0.05) is 31.5 Å². The van der Waals surface area contributed by atoms with Crippen LogP contribution in [0.25, 0.3) is 0 Å². The Labute approximate surface area is 137 Å². The summed E-state index contributed by atoms with van der Waals surface area (Å²) in [5, 5.41) is 6.12. The molecule has 0 radical (unpaired) electrons. The number of benzene rings is 1. The van der Waals surface area contributed by atoms with E-state index < -0.39 is 0 Å². The molecule has 0 aliphatic heterocycles. The van der Waals surface area contributed by atoms with Crippen molar-refractivity contribution in [3.05, 3.63) is 47.4 Å². The number of amides is 1. The summed E-state index contributed by atoms with van der Waals surface area (Å²) in [6, 6.07) is 7.60. The fourth-order valence-corrected chi connectivity index (χ4v) is 2.21. The number of nitrogens with zero attached hydrogens (tertiary/aromatic N) is 2.